The molecule has 0 radical (unpaired) electrons. The molecule has 1 rings (SSSR count). The molecule has 6 heavy (non-hydrogen) atoms. The Morgan fingerprint density at radius 2 is 2.83 bits per heavy atom. The smallest absolute Gasteiger partial charge is 0.213 e. The van der Waals surface area contributed by atoms with E-state index < -0.39 is 0 Å². The molecule has 0 spiro atoms. The highest BCUT2D eigenvalue weighted by Crippen LogP contribution is 1.86. The minimum absolute atomic E-state index is 0.153. The zero-order chi connectivity index (χ0) is 4.41. The van der Waals surface area contributed by atoms with Gasteiger partial charge in [-0.3, -0.25) is 5.21 Å². The Labute approximate surface area is 34.6 Å². The lowest BCUT2D eigenvalue weighted by atomic mass is 11.1. The first-order valence-corrected chi connectivity index (χ1v) is 1.50. The average Bonchev–Trinajstić information content (AvgIpc) is 1.86. The van der Waals surface area contributed by atoms with Crippen LogP contribution in [0.2, 0.25) is 0 Å². The summed E-state index contributed by atoms with van der Waals surface area (Å²) in [4.78, 5) is 4.30. The number of rotatable bonds is 0. The summed E-state index contributed by atoms with van der Waals surface area (Å²) in [5.74, 6) is 0. The molecule has 0 aromatic carbocycles. The largest absolute Gasteiger partial charge is 0.370 e. The summed E-state index contributed by atoms with van der Waals surface area (Å²) >= 11 is 0. The predicted octanol–water partition coefficient (Wildman–Crippen LogP) is -0.391. The minimum Gasteiger partial charge on any atom is -0.370 e. The monoisotopic (exact) mass is 88.0 g/mol. The number of nitrogens with zero attached hydrogens (tertiary/aromatic N) is 2. The second kappa shape index (κ2) is 1.14. The van der Waals surface area contributed by atoms with Crippen LogP contribution in [0.25, 0.3) is 0 Å². The lowest BCUT2D eigenvalue weighted by molar-refractivity contribution is -0.0687. The topological polar surface area (TPSA) is 45.1 Å². The standard InChI is InChI=1S/C2H4N2O2/c5-4-1-3-6-2-4/h1,5H,2H2. The van der Waals surface area contributed by atoms with Gasteiger partial charge in [0.25, 0.3) is 0 Å². The molecule has 0 saturated carbocycles. The van der Waals surface area contributed by atoms with Gasteiger partial charge in [0.15, 0.2) is 6.34 Å². The Kier molecular flexibility index (Phi) is 0.648. The fraction of sp³-hybridized carbons (Fsp3) is 0.500. The van der Waals surface area contributed by atoms with E-state index in [4.69, 9.17) is 5.21 Å². The molecule has 0 saturated heterocycles. The molecule has 1 aliphatic heterocycles. The van der Waals surface area contributed by atoms with E-state index in [2.05, 4.69) is 9.99 Å². The molecule has 1 heterocycles. The first-order valence-electron chi connectivity index (χ1n) is 1.50. The van der Waals surface area contributed by atoms with Crippen molar-refractivity contribution in [3.8, 4) is 0 Å². The molecule has 4 heteroatoms. The van der Waals surface area contributed by atoms with Crippen LogP contribution in [0.5, 0.6) is 0 Å². The van der Waals surface area contributed by atoms with Crippen molar-refractivity contribution in [1.82, 2.24) is 5.06 Å². The van der Waals surface area contributed by atoms with E-state index >= 15 is 0 Å². The maximum Gasteiger partial charge on any atom is 0.213 e. The Bertz CT molecular complexity index is 71.9. The van der Waals surface area contributed by atoms with Crippen LogP contribution in [0.4, 0.5) is 0 Å². The molecule has 0 unspecified atom stereocenters. The molecule has 0 bridgehead atoms. The van der Waals surface area contributed by atoms with Gasteiger partial charge in [0, 0.05) is 0 Å². The molecular formula is C2H4N2O2. The van der Waals surface area contributed by atoms with Crippen LogP contribution in [-0.2, 0) is 4.84 Å². The molecule has 1 aliphatic rings. The summed E-state index contributed by atoms with van der Waals surface area (Å²) in [5.41, 5.74) is 0. The Morgan fingerprint density at radius 1 is 2.00 bits per heavy atom. The second-order valence-corrected chi connectivity index (χ2v) is 0.919. The van der Waals surface area contributed by atoms with Crippen LogP contribution in [0, 0.1) is 0 Å². The van der Waals surface area contributed by atoms with Crippen LogP contribution in [0.3, 0.4) is 0 Å². The summed E-state index contributed by atoms with van der Waals surface area (Å²) < 4.78 is 0. The summed E-state index contributed by atoms with van der Waals surface area (Å²) in [6.45, 7) is 0.153. The highest BCUT2D eigenvalue weighted by atomic mass is 16.7. The first-order chi connectivity index (χ1) is 2.89. The van der Waals surface area contributed by atoms with Gasteiger partial charge in [-0.2, -0.15) is 0 Å². The summed E-state index contributed by atoms with van der Waals surface area (Å²) in [6, 6.07) is 0. The fourth-order valence-corrected chi connectivity index (χ4v) is 0.214. The number of hydrogen-bond acceptors (Lipinski definition) is 4. The van der Waals surface area contributed by atoms with Crippen molar-refractivity contribution in [2.45, 2.75) is 0 Å². The van der Waals surface area contributed by atoms with Gasteiger partial charge in [-0.15, -0.1) is 0 Å². The van der Waals surface area contributed by atoms with E-state index in [-0.39, 0.29) is 6.73 Å². The fourth-order valence-electron chi connectivity index (χ4n) is 0.214. The summed E-state index contributed by atoms with van der Waals surface area (Å²) in [7, 11) is 0. The second-order valence-electron chi connectivity index (χ2n) is 0.919. The lowest BCUT2D eigenvalue weighted by Gasteiger charge is -1.94. The molecule has 4 nitrogen and oxygen atoms in total. The molecule has 0 aromatic rings. The van der Waals surface area contributed by atoms with E-state index in [0.29, 0.717) is 0 Å². The third-order valence-corrected chi connectivity index (χ3v) is 0.445. The predicted molar refractivity (Wildman–Crippen MR) is 18.1 cm³/mol. The number of hydroxylamine groups is 2. The normalized spacial score (nSPS) is 18.5. The third-order valence-electron chi connectivity index (χ3n) is 0.445. The molecule has 0 amide bonds. The molecule has 0 aromatic heterocycles. The van der Waals surface area contributed by atoms with Gasteiger partial charge in [-0.05, 0) is 0 Å². The first kappa shape index (κ1) is 3.42. The van der Waals surface area contributed by atoms with Crippen molar-refractivity contribution in [2.75, 3.05) is 6.73 Å². The Morgan fingerprint density at radius 3 is 3.00 bits per heavy atom. The highest BCUT2D eigenvalue weighted by Gasteiger charge is 1.97. The van der Waals surface area contributed by atoms with Gasteiger partial charge in [-0.25, -0.2) is 5.06 Å². The molecule has 0 atom stereocenters. The Balaban J connectivity index is 2.38. The summed E-state index contributed by atoms with van der Waals surface area (Å²) in [5, 5.41) is 12.4. The van der Waals surface area contributed by atoms with E-state index in [9.17, 15) is 0 Å². The van der Waals surface area contributed by atoms with Gasteiger partial charge in [-0.1, -0.05) is 5.16 Å². The van der Waals surface area contributed by atoms with Gasteiger partial charge in [0.1, 0.15) is 0 Å². The highest BCUT2D eigenvalue weighted by molar-refractivity contribution is 5.52. The lowest BCUT2D eigenvalue weighted by Crippen LogP contribution is -2.11. The average molecular weight is 88.1 g/mol. The van der Waals surface area contributed by atoms with E-state index in [1.54, 1.807) is 0 Å². The van der Waals surface area contributed by atoms with Crippen molar-refractivity contribution < 1.29 is 10.0 Å². The zero-order valence-corrected chi connectivity index (χ0v) is 3.03. The molecule has 0 aliphatic carbocycles. The van der Waals surface area contributed by atoms with E-state index in [1.807, 2.05) is 0 Å². The van der Waals surface area contributed by atoms with E-state index in [1.165, 1.54) is 6.34 Å². The van der Waals surface area contributed by atoms with Gasteiger partial charge in [0.05, 0.1) is 0 Å². The SMILES string of the molecule is ON1C=NOC1. The van der Waals surface area contributed by atoms with Gasteiger partial charge in [0.2, 0.25) is 6.73 Å². The van der Waals surface area contributed by atoms with Crippen LogP contribution < -0.4 is 0 Å². The van der Waals surface area contributed by atoms with Gasteiger partial charge >= 0.3 is 0 Å². The van der Waals surface area contributed by atoms with Crippen molar-refractivity contribution >= 4 is 6.34 Å². The van der Waals surface area contributed by atoms with Crippen molar-refractivity contribution in [3.05, 3.63) is 0 Å². The maximum atomic E-state index is 8.29. The quantitative estimate of drug-likeness (QED) is 0.438. The summed E-state index contributed by atoms with van der Waals surface area (Å²) in [6.07, 6.45) is 1.19. The van der Waals surface area contributed by atoms with Crippen LogP contribution >= 0.6 is 0 Å². The van der Waals surface area contributed by atoms with Gasteiger partial charge < -0.3 is 4.84 Å². The van der Waals surface area contributed by atoms with Crippen molar-refractivity contribution in [2.24, 2.45) is 5.16 Å². The van der Waals surface area contributed by atoms with E-state index in [0.717, 1.165) is 5.06 Å². The van der Waals surface area contributed by atoms with Crippen molar-refractivity contribution in [3.63, 3.8) is 0 Å². The van der Waals surface area contributed by atoms with Crippen LogP contribution in [-0.4, -0.2) is 23.3 Å². The molecule has 0 fully saturated rings. The minimum atomic E-state index is 0.153. The third kappa shape index (κ3) is 0.414. The zero-order valence-electron chi connectivity index (χ0n) is 3.03. The van der Waals surface area contributed by atoms with Crippen molar-refractivity contribution in [1.29, 1.82) is 0 Å². The number of oxime groups is 1. The number of hydrogen-bond donors (Lipinski definition) is 1. The van der Waals surface area contributed by atoms with Crippen LogP contribution in [0.1, 0.15) is 0 Å². The van der Waals surface area contributed by atoms with Crippen LogP contribution in [0.15, 0.2) is 5.16 Å². The maximum absolute atomic E-state index is 8.29. The Hall–Kier alpha value is -0.770. The molecule has 34 valence electrons. The molecule has 1 N–H and O–H groups in total. The molecular weight excluding hydrogens is 84.0 g/mol.